The molecule has 4 atom stereocenters. The van der Waals surface area contributed by atoms with Crippen molar-refractivity contribution < 1.29 is 9.84 Å². The number of ether oxygens (including phenoxy) is 1. The van der Waals surface area contributed by atoms with Crippen LogP contribution in [-0.2, 0) is 4.74 Å². The third-order valence-electron chi connectivity index (χ3n) is 4.08. The topological polar surface area (TPSA) is 32.8 Å². The van der Waals surface area contributed by atoms with Crippen molar-refractivity contribution >= 4 is 0 Å². The van der Waals surface area contributed by atoms with E-state index in [1.807, 2.05) is 6.08 Å². The van der Waals surface area contributed by atoms with Gasteiger partial charge < -0.3 is 9.84 Å². The Labute approximate surface area is 106 Å². The Morgan fingerprint density at radius 1 is 1.35 bits per heavy atom. The van der Waals surface area contributed by atoms with Gasteiger partial charge in [0.25, 0.3) is 0 Å². The zero-order valence-electron chi connectivity index (χ0n) is 11.9. The molecule has 1 aliphatic rings. The Hall–Kier alpha value is -0.340. The standard InChI is InChI=1S/C15H28O2/c1-6-11(2)12(3)14-13(17-14)10-15(4,5)8-7-9-16/h7-8,11-14,16H,6,9-10H2,1-5H3/b8-7+/t11-,12+,13-,14+/m0/s1. The number of aliphatic hydroxyl groups excluding tert-OH is 1. The van der Waals surface area contributed by atoms with E-state index in [4.69, 9.17) is 9.84 Å². The molecule has 0 saturated carbocycles. The van der Waals surface area contributed by atoms with Gasteiger partial charge in [0.1, 0.15) is 0 Å². The van der Waals surface area contributed by atoms with Crippen LogP contribution in [0.1, 0.15) is 47.5 Å². The number of aliphatic hydroxyl groups is 1. The van der Waals surface area contributed by atoms with Crippen LogP contribution in [0.25, 0.3) is 0 Å². The second kappa shape index (κ2) is 6.01. The smallest absolute Gasteiger partial charge is 0.0870 e. The first-order valence-corrected chi connectivity index (χ1v) is 6.85. The van der Waals surface area contributed by atoms with Crippen LogP contribution in [0.5, 0.6) is 0 Å². The maximum absolute atomic E-state index is 8.81. The number of rotatable bonds is 7. The third kappa shape index (κ3) is 4.44. The molecule has 0 aromatic heterocycles. The summed E-state index contributed by atoms with van der Waals surface area (Å²) >= 11 is 0. The van der Waals surface area contributed by atoms with Crippen molar-refractivity contribution in [2.75, 3.05) is 6.61 Å². The van der Waals surface area contributed by atoms with Gasteiger partial charge >= 0.3 is 0 Å². The third-order valence-corrected chi connectivity index (χ3v) is 4.08. The van der Waals surface area contributed by atoms with Crippen LogP contribution in [0.3, 0.4) is 0 Å². The number of hydrogen-bond acceptors (Lipinski definition) is 2. The number of epoxide rings is 1. The zero-order chi connectivity index (χ0) is 13.1. The average Bonchev–Trinajstić information content (AvgIpc) is 3.02. The minimum absolute atomic E-state index is 0.122. The molecule has 1 fully saturated rings. The zero-order valence-corrected chi connectivity index (χ0v) is 11.9. The van der Waals surface area contributed by atoms with Gasteiger partial charge in [0.05, 0.1) is 18.8 Å². The van der Waals surface area contributed by atoms with E-state index in [0.29, 0.717) is 18.1 Å². The van der Waals surface area contributed by atoms with E-state index in [1.54, 1.807) is 0 Å². The molecular formula is C15H28O2. The SMILES string of the molecule is CC[C@H](C)[C@@H](C)[C@H]1O[C@H]1CC(C)(C)/C=C/CO. The predicted molar refractivity (Wildman–Crippen MR) is 71.9 cm³/mol. The van der Waals surface area contributed by atoms with Crippen molar-refractivity contribution in [3.05, 3.63) is 12.2 Å². The molecular weight excluding hydrogens is 212 g/mol. The molecule has 0 aromatic carbocycles. The van der Waals surface area contributed by atoms with Gasteiger partial charge in [-0.2, -0.15) is 0 Å². The van der Waals surface area contributed by atoms with Crippen LogP contribution in [0, 0.1) is 17.3 Å². The lowest BCUT2D eigenvalue weighted by atomic mass is 9.83. The van der Waals surface area contributed by atoms with Crippen molar-refractivity contribution in [2.45, 2.75) is 59.7 Å². The Balaban J connectivity index is 2.39. The summed E-state index contributed by atoms with van der Waals surface area (Å²) in [6.45, 7) is 11.4. The molecule has 0 spiro atoms. The highest BCUT2D eigenvalue weighted by Gasteiger charge is 2.45. The van der Waals surface area contributed by atoms with E-state index in [9.17, 15) is 0 Å². The van der Waals surface area contributed by atoms with Crippen molar-refractivity contribution in [3.8, 4) is 0 Å². The van der Waals surface area contributed by atoms with Crippen LogP contribution in [-0.4, -0.2) is 23.9 Å². The van der Waals surface area contributed by atoms with E-state index >= 15 is 0 Å². The lowest BCUT2D eigenvalue weighted by molar-refractivity contribution is 0.261. The van der Waals surface area contributed by atoms with Gasteiger partial charge in [-0.05, 0) is 23.7 Å². The van der Waals surface area contributed by atoms with Crippen molar-refractivity contribution in [1.29, 1.82) is 0 Å². The molecule has 1 heterocycles. The van der Waals surface area contributed by atoms with E-state index in [1.165, 1.54) is 6.42 Å². The molecule has 1 rings (SSSR count). The maximum Gasteiger partial charge on any atom is 0.0870 e. The lowest BCUT2D eigenvalue weighted by Crippen LogP contribution is -2.18. The normalized spacial score (nSPS) is 28.4. The molecule has 0 aliphatic carbocycles. The lowest BCUT2D eigenvalue weighted by Gasteiger charge is -2.20. The van der Waals surface area contributed by atoms with Gasteiger partial charge in [-0.1, -0.05) is 53.2 Å². The Morgan fingerprint density at radius 3 is 2.53 bits per heavy atom. The average molecular weight is 240 g/mol. The van der Waals surface area contributed by atoms with Gasteiger partial charge in [-0.25, -0.2) is 0 Å². The maximum atomic E-state index is 8.81. The molecule has 100 valence electrons. The fourth-order valence-electron chi connectivity index (χ4n) is 2.44. The van der Waals surface area contributed by atoms with Gasteiger partial charge in [0.2, 0.25) is 0 Å². The van der Waals surface area contributed by atoms with Gasteiger partial charge in [-0.3, -0.25) is 0 Å². The molecule has 0 bridgehead atoms. The first-order valence-electron chi connectivity index (χ1n) is 6.85. The molecule has 0 unspecified atom stereocenters. The first-order chi connectivity index (χ1) is 7.91. The Morgan fingerprint density at radius 2 is 2.00 bits per heavy atom. The first kappa shape index (κ1) is 14.7. The van der Waals surface area contributed by atoms with E-state index < -0.39 is 0 Å². The van der Waals surface area contributed by atoms with E-state index in [-0.39, 0.29) is 12.0 Å². The number of hydrogen-bond donors (Lipinski definition) is 1. The predicted octanol–water partition coefficient (Wildman–Crippen LogP) is 3.40. The van der Waals surface area contributed by atoms with Crippen molar-refractivity contribution in [1.82, 2.24) is 0 Å². The molecule has 1 aliphatic heterocycles. The highest BCUT2D eigenvalue weighted by molar-refractivity contribution is 5.01. The van der Waals surface area contributed by atoms with Gasteiger partial charge in [-0.15, -0.1) is 0 Å². The summed E-state index contributed by atoms with van der Waals surface area (Å²) in [5.41, 5.74) is 0.122. The molecule has 2 nitrogen and oxygen atoms in total. The Kier molecular flexibility index (Phi) is 5.21. The summed E-state index contributed by atoms with van der Waals surface area (Å²) in [4.78, 5) is 0. The minimum Gasteiger partial charge on any atom is -0.392 e. The van der Waals surface area contributed by atoms with Crippen LogP contribution >= 0.6 is 0 Å². The molecule has 0 amide bonds. The highest BCUT2D eigenvalue weighted by atomic mass is 16.6. The van der Waals surface area contributed by atoms with Gasteiger partial charge in [0.15, 0.2) is 0 Å². The monoisotopic (exact) mass is 240 g/mol. The molecule has 1 N–H and O–H groups in total. The highest BCUT2D eigenvalue weighted by Crippen LogP contribution is 2.41. The fraction of sp³-hybridized carbons (Fsp3) is 0.867. The summed E-state index contributed by atoms with van der Waals surface area (Å²) < 4.78 is 5.82. The molecule has 0 radical (unpaired) electrons. The molecule has 17 heavy (non-hydrogen) atoms. The second-order valence-corrected chi connectivity index (χ2v) is 6.16. The summed E-state index contributed by atoms with van der Waals surface area (Å²) in [6, 6.07) is 0. The van der Waals surface area contributed by atoms with Crippen LogP contribution in [0.4, 0.5) is 0 Å². The second-order valence-electron chi connectivity index (χ2n) is 6.16. The van der Waals surface area contributed by atoms with Crippen molar-refractivity contribution in [3.63, 3.8) is 0 Å². The van der Waals surface area contributed by atoms with Crippen LogP contribution in [0.2, 0.25) is 0 Å². The molecule has 1 saturated heterocycles. The summed E-state index contributed by atoms with van der Waals surface area (Å²) in [5.74, 6) is 1.39. The molecule has 2 heteroatoms. The van der Waals surface area contributed by atoms with E-state index in [2.05, 4.69) is 40.7 Å². The van der Waals surface area contributed by atoms with E-state index in [0.717, 1.165) is 12.3 Å². The largest absolute Gasteiger partial charge is 0.392 e. The van der Waals surface area contributed by atoms with Crippen molar-refractivity contribution in [2.24, 2.45) is 17.3 Å². The van der Waals surface area contributed by atoms with Crippen LogP contribution in [0.15, 0.2) is 12.2 Å². The summed E-state index contributed by atoms with van der Waals surface area (Å²) in [7, 11) is 0. The van der Waals surface area contributed by atoms with Gasteiger partial charge in [0, 0.05) is 0 Å². The number of allylic oxidation sites excluding steroid dienone is 1. The molecule has 0 aromatic rings. The fourth-order valence-corrected chi connectivity index (χ4v) is 2.44. The summed E-state index contributed by atoms with van der Waals surface area (Å²) in [6.07, 6.45) is 7.06. The quantitative estimate of drug-likeness (QED) is 0.546. The van der Waals surface area contributed by atoms with Crippen LogP contribution < -0.4 is 0 Å². The minimum atomic E-state index is 0.122. The Bertz CT molecular complexity index is 258. The summed E-state index contributed by atoms with van der Waals surface area (Å²) in [5, 5.41) is 8.81.